The van der Waals surface area contributed by atoms with E-state index in [4.69, 9.17) is 0 Å². The molecule has 4 heterocycles. The second kappa shape index (κ2) is 23.5. The molecule has 5 heteroatoms. The molecule has 0 amide bonds. The average molecular weight is 1300 g/mol. The van der Waals surface area contributed by atoms with Crippen molar-refractivity contribution >= 4 is 101 Å². The van der Waals surface area contributed by atoms with Gasteiger partial charge in [0.1, 0.15) is 0 Å². The predicted molar refractivity (Wildman–Crippen MR) is 432 cm³/mol. The zero-order chi connectivity index (χ0) is 68.6. The van der Waals surface area contributed by atoms with Gasteiger partial charge in [0.25, 0.3) is 6.71 Å². The van der Waals surface area contributed by atoms with Crippen LogP contribution in [0.4, 0.5) is 34.1 Å². The number of aromatic nitrogens is 2. The van der Waals surface area contributed by atoms with Crippen molar-refractivity contribution in [3.8, 4) is 67.0 Å². The Balaban J connectivity index is 1.01. The lowest BCUT2D eigenvalue weighted by molar-refractivity contribution is 0.569. The van der Waals surface area contributed by atoms with Crippen LogP contribution < -0.4 is 26.2 Å². The minimum Gasteiger partial charge on any atom is -0.310 e. The lowest BCUT2D eigenvalue weighted by Crippen LogP contribution is -2.61. The van der Waals surface area contributed by atoms with Crippen LogP contribution in [0.3, 0.4) is 0 Å². The van der Waals surface area contributed by atoms with Crippen molar-refractivity contribution < 1.29 is 0 Å². The molecule has 0 unspecified atom stereocenters. The van der Waals surface area contributed by atoms with Crippen LogP contribution in [-0.4, -0.2) is 15.8 Å². The van der Waals surface area contributed by atoms with E-state index < -0.39 is 0 Å². The molecule has 2 aliphatic rings. The van der Waals surface area contributed by atoms with E-state index in [0.717, 1.165) is 89.8 Å². The van der Waals surface area contributed by atoms with Crippen molar-refractivity contribution in [3.05, 3.63) is 332 Å². The SMILES string of the molecule is CC(C)(C)c1cc(-c2ccc3c(c2)N(c2c(-c4ccccc4)cccc2-c2ccccc2)c2cc(C(C)(C)C)cc4c2B3c2ccc(-n3c5ccccc5c5ccc6c(c7ccccc7n6-c6ccccc6)c53)cc2N4c2c(-c3ccccc3)cccc2-c2ccccc2)cc(C(C)(C)C)c1. The van der Waals surface area contributed by atoms with Gasteiger partial charge in [0, 0.05) is 77.9 Å². The molecule has 0 spiro atoms. The van der Waals surface area contributed by atoms with Crippen molar-refractivity contribution in [1.29, 1.82) is 0 Å². The molecule has 2 aromatic heterocycles. The molecule has 4 nitrogen and oxygen atoms in total. The van der Waals surface area contributed by atoms with Crippen LogP contribution >= 0.6 is 0 Å². The van der Waals surface area contributed by atoms with Gasteiger partial charge in [0.05, 0.1) is 33.4 Å². The number of benzene rings is 14. The van der Waals surface area contributed by atoms with Crippen molar-refractivity contribution in [2.45, 2.75) is 78.6 Å². The maximum atomic E-state index is 2.71. The van der Waals surface area contributed by atoms with Crippen molar-refractivity contribution in [1.82, 2.24) is 9.13 Å². The highest BCUT2D eigenvalue weighted by atomic mass is 15.2. The predicted octanol–water partition coefficient (Wildman–Crippen LogP) is 24.2. The topological polar surface area (TPSA) is 16.3 Å². The largest absolute Gasteiger partial charge is 0.310 e. The van der Waals surface area contributed by atoms with E-state index in [2.05, 4.69) is 397 Å². The average Bonchev–Trinajstić information content (AvgIpc) is 1.37. The Bertz CT molecular complexity index is 5800. The smallest absolute Gasteiger partial charge is 0.252 e. The molecule has 0 atom stereocenters. The van der Waals surface area contributed by atoms with Gasteiger partial charge in [0.2, 0.25) is 0 Å². The maximum Gasteiger partial charge on any atom is 0.252 e. The fraction of sp³-hybridized carbons (Fsp3) is 0.125. The molecule has 0 aliphatic carbocycles. The lowest BCUT2D eigenvalue weighted by Gasteiger charge is -2.46. The third-order valence-corrected chi connectivity index (χ3v) is 21.5. The van der Waals surface area contributed by atoms with E-state index in [9.17, 15) is 0 Å². The third kappa shape index (κ3) is 10.1. The summed E-state index contributed by atoms with van der Waals surface area (Å²) in [5, 5.41) is 4.87. The van der Waals surface area contributed by atoms with E-state index in [1.165, 1.54) is 88.0 Å². The van der Waals surface area contributed by atoms with Crippen molar-refractivity contribution in [3.63, 3.8) is 0 Å². The Morgan fingerprint density at radius 2 is 0.673 bits per heavy atom. The van der Waals surface area contributed by atoms with E-state index in [0.29, 0.717) is 0 Å². The van der Waals surface area contributed by atoms with Crippen LogP contribution in [0.1, 0.15) is 79.0 Å². The van der Waals surface area contributed by atoms with Gasteiger partial charge in [-0.2, -0.15) is 0 Å². The normalized spacial score (nSPS) is 12.9. The van der Waals surface area contributed by atoms with Gasteiger partial charge in [-0.1, -0.05) is 317 Å². The molecular weight excluding hydrogens is 1220 g/mol. The molecule has 0 bridgehead atoms. The Labute approximate surface area is 593 Å². The monoisotopic (exact) mass is 1300 g/mol. The van der Waals surface area contributed by atoms with Crippen LogP contribution in [0.15, 0.2) is 315 Å². The molecule has 18 rings (SSSR count). The van der Waals surface area contributed by atoms with Crippen LogP contribution in [-0.2, 0) is 16.2 Å². The standard InChI is InChI=1S/C96H79BN4/c1-94(2,3)68-55-67(56-69(58-68)95(4,5)6)66-49-52-80-85(57-66)100(91-73(62-31-15-10-16-32-62)43-29-44-74(91)63-33-17-11-18-34-63)87-59-70(96(7,8)9)60-88-90(87)97(80)81-53-50-72(61-86(81)101(88)92-75(64-35-19-12-20-36-64)45-30-46-76(92)65-37-21-13-22-38-65)99-82-47-27-25-41-77(82)78-51-54-84-89(93(78)99)79-42-26-28-48-83(79)98(84)71-39-23-14-24-40-71/h10-61H,1-9H3. The molecule has 0 saturated heterocycles. The molecule has 2 aliphatic heterocycles. The third-order valence-electron chi connectivity index (χ3n) is 21.5. The summed E-state index contributed by atoms with van der Waals surface area (Å²) in [7, 11) is 0. The highest BCUT2D eigenvalue weighted by Gasteiger charge is 2.46. The summed E-state index contributed by atoms with van der Waals surface area (Å²) in [6.45, 7) is 21.1. The number of para-hydroxylation sites is 5. The number of hydrogen-bond donors (Lipinski definition) is 0. The van der Waals surface area contributed by atoms with Crippen molar-refractivity contribution in [2.24, 2.45) is 0 Å². The fourth-order valence-electron chi connectivity index (χ4n) is 16.5. The molecule has 16 aromatic rings. The first-order valence-electron chi connectivity index (χ1n) is 35.8. The Hall–Kier alpha value is -11.7. The molecule has 0 fully saturated rings. The number of fused-ring (bicyclic) bond motifs is 11. The highest BCUT2D eigenvalue weighted by molar-refractivity contribution is 7.00. The fourth-order valence-corrected chi connectivity index (χ4v) is 16.5. The minimum absolute atomic E-state index is 0.0868. The van der Waals surface area contributed by atoms with Gasteiger partial charge >= 0.3 is 0 Å². The number of hydrogen-bond acceptors (Lipinski definition) is 2. The summed E-state index contributed by atoms with van der Waals surface area (Å²) in [5.41, 5.74) is 32.6. The van der Waals surface area contributed by atoms with Crippen LogP contribution in [0.25, 0.3) is 111 Å². The molecule has 0 N–H and O–H groups in total. The van der Waals surface area contributed by atoms with Crippen LogP contribution in [0.5, 0.6) is 0 Å². The first kappa shape index (κ1) is 61.7. The molecule has 101 heavy (non-hydrogen) atoms. The Morgan fingerprint density at radius 3 is 1.16 bits per heavy atom. The van der Waals surface area contributed by atoms with E-state index in [1.807, 2.05) is 0 Å². The second-order valence-corrected chi connectivity index (χ2v) is 30.9. The zero-order valence-corrected chi connectivity index (χ0v) is 58.9. The first-order chi connectivity index (χ1) is 49.0. The lowest BCUT2D eigenvalue weighted by atomic mass is 9.33. The van der Waals surface area contributed by atoms with E-state index in [-0.39, 0.29) is 23.0 Å². The molecule has 0 radical (unpaired) electrons. The summed E-state index contributed by atoms with van der Waals surface area (Å²) in [6, 6.07) is 119. The summed E-state index contributed by atoms with van der Waals surface area (Å²) in [4.78, 5) is 5.42. The maximum absolute atomic E-state index is 2.71. The summed E-state index contributed by atoms with van der Waals surface area (Å²) >= 11 is 0. The van der Waals surface area contributed by atoms with Crippen LogP contribution in [0, 0.1) is 0 Å². The van der Waals surface area contributed by atoms with Gasteiger partial charge < -0.3 is 18.9 Å². The summed E-state index contributed by atoms with van der Waals surface area (Å²) < 4.78 is 5.04. The van der Waals surface area contributed by atoms with Crippen molar-refractivity contribution in [2.75, 3.05) is 9.80 Å². The number of anilines is 6. The first-order valence-corrected chi connectivity index (χ1v) is 35.8. The number of nitrogens with zero attached hydrogens (tertiary/aromatic N) is 4. The quantitative estimate of drug-likeness (QED) is 0.134. The van der Waals surface area contributed by atoms with Gasteiger partial charge in [-0.3, -0.25) is 0 Å². The zero-order valence-electron chi connectivity index (χ0n) is 58.9. The van der Waals surface area contributed by atoms with Gasteiger partial charge in [-0.25, -0.2) is 0 Å². The van der Waals surface area contributed by atoms with Gasteiger partial charge in [-0.05, 0) is 143 Å². The minimum atomic E-state index is -0.310. The number of rotatable bonds is 9. The van der Waals surface area contributed by atoms with Crippen LogP contribution in [0.2, 0.25) is 0 Å². The Morgan fingerprint density at radius 1 is 0.257 bits per heavy atom. The summed E-state index contributed by atoms with van der Waals surface area (Å²) in [6.07, 6.45) is 0. The molecule has 486 valence electrons. The van der Waals surface area contributed by atoms with Gasteiger partial charge in [0.15, 0.2) is 0 Å². The second-order valence-electron chi connectivity index (χ2n) is 30.9. The van der Waals surface area contributed by atoms with E-state index >= 15 is 0 Å². The van der Waals surface area contributed by atoms with Gasteiger partial charge in [-0.15, -0.1) is 0 Å². The summed E-state index contributed by atoms with van der Waals surface area (Å²) in [5.74, 6) is 0. The molecule has 14 aromatic carbocycles. The molecule has 0 saturated carbocycles. The Kier molecular flexibility index (Phi) is 14.3. The molecular formula is C96H79BN4. The highest BCUT2D eigenvalue weighted by Crippen LogP contribution is 2.55. The van der Waals surface area contributed by atoms with E-state index in [1.54, 1.807) is 0 Å².